The molecule has 9 heteroatoms. The van der Waals surface area contributed by atoms with Gasteiger partial charge in [0.15, 0.2) is 0 Å². The fraction of sp³-hybridized carbons (Fsp3) is 0.364. The number of amides is 1. The van der Waals surface area contributed by atoms with Gasteiger partial charge in [0.1, 0.15) is 22.7 Å². The molecule has 1 unspecified atom stereocenters. The maximum Gasteiger partial charge on any atom is 0.251 e. The van der Waals surface area contributed by atoms with Crippen LogP contribution in [-0.2, 0) is 11.2 Å². The normalized spacial score (nSPS) is 16.7. The Kier molecular flexibility index (Phi) is 7.20. The van der Waals surface area contributed by atoms with Gasteiger partial charge in [0.05, 0.1) is 34.7 Å². The van der Waals surface area contributed by atoms with Gasteiger partial charge in [0.2, 0.25) is 0 Å². The molecule has 2 aliphatic carbocycles. The number of carbonyl (C=O) groups is 1. The highest BCUT2D eigenvalue weighted by atomic mass is 35.5. The third-order valence-electron chi connectivity index (χ3n) is 7.91. The minimum Gasteiger partial charge on any atom is -0.488 e. The van der Waals surface area contributed by atoms with Gasteiger partial charge in [-0.3, -0.25) is 9.78 Å². The highest BCUT2D eigenvalue weighted by Crippen LogP contribution is 2.47. The van der Waals surface area contributed by atoms with Crippen LogP contribution in [0.1, 0.15) is 66.7 Å². The molecule has 2 aliphatic rings. The lowest BCUT2D eigenvalue weighted by Gasteiger charge is -2.31. The Bertz CT molecular complexity index is 1680. The van der Waals surface area contributed by atoms with Gasteiger partial charge in [0, 0.05) is 28.3 Å². The number of aromatic nitrogens is 2. The fourth-order valence-corrected chi connectivity index (χ4v) is 5.67. The minimum absolute atomic E-state index is 0.109. The molecule has 3 N–H and O–H groups in total. The van der Waals surface area contributed by atoms with Crippen LogP contribution in [0.4, 0.5) is 4.39 Å². The van der Waals surface area contributed by atoms with Crippen molar-refractivity contribution in [3.63, 3.8) is 0 Å². The predicted octanol–water partition coefficient (Wildman–Crippen LogP) is 6.19. The molecule has 7 nitrogen and oxygen atoms in total. The van der Waals surface area contributed by atoms with Gasteiger partial charge in [-0.05, 0) is 106 Å². The van der Waals surface area contributed by atoms with E-state index in [4.69, 9.17) is 21.3 Å². The first-order valence-electron chi connectivity index (χ1n) is 14.2. The standard InChI is InChI=1S/C33H33ClFN3O4/c1-18-12-20-13-21(14-26(29(20)36-16-18)42-24-10-11-24)31(39)37-17-33(41,22-6-7-22)27-15-25(32(2,3)40)28(34)30(38-27)19-4-8-23(35)9-5-19/h4-5,8-9,12-16,22,24,40-41H,6-7,10-11,17H2,1-3H3,(H,37,39). The summed E-state index contributed by atoms with van der Waals surface area (Å²) in [5.41, 5.74) is 0.696. The Labute approximate surface area is 248 Å². The van der Waals surface area contributed by atoms with Crippen molar-refractivity contribution in [2.45, 2.75) is 63.8 Å². The number of pyridine rings is 2. The summed E-state index contributed by atoms with van der Waals surface area (Å²) in [6.07, 6.45) is 5.35. The number of rotatable bonds is 9. The van der Waals surface area contributed by atoms with E-state index in [9.17, 15) is 19.4 Å². The van der Waals surface area contributed by atoms with Crippen LogP contribution < -0.4 is 10.1 Å². The van der Waals surface area contributed by atoms with Crippen molar-refractivity contribution < 1.29 is 24.1 Å². The van der Waals surface area contributed by atoms with Gasteiger partial charge in [-0.2, -0.15) is 0 Å². The Morgan fingerprint density at radius 2 is 1.81 bits per heavy atom. The Hall–Kier alpha value is -3.59. The van der Waals surface area contributed by atoms with Gasteiger partial charge in [-0.15, -0.1) is 0 Å². The summed E-state index contributed by atoms with van der Waals surface area (Å²) in [5, 5.41) is 27.0. The average molecular weight is 590 g/mol. The second-order valence-electron chi connectivity index (χ2n) is 12.0. The van der Waals surface area contributed by atoms with E-state index in [1.807, 2.05) is 13.0 Å². The lowest BCUT2D eigenvalue weighted by Crippen LogP contribution is -2.43. The largest absolute Gasteiger partial charge is 0.488 e. The monoisotopic (exact) mass is 589 g/mol. The van der Waals surface area contributed by atoms with Crippen molar-refractivity contribution in [1.29, 1.82) is 0 Å². The number of aliphatic hydroxyl groups is 2. The quantitative estimate of drug-likeness (QED) is 0.215. The molecule has 1 atom stereocenters. The number of aryl methyl sites for hydroxylation is 1. The topological polar surface area (TPSA) is 105 Å². The van der Waals surface area contributed by atoms with Crippen molar-refractivity contribution in [2.24, 2.45) is 5.92 Å². The fourth-order valence-electron chi connectivity index (χ4n) is 5.23. The van der Waals surface area contributed by atoms with Crippen LogP contribution in [-0.4, -0.2) is 38.7 Å². The number of carbonyl (C=O) groups excluding carboxylic acids is 1. The van der Waals surface area contributed by atoms with Crippen molar-refractivity contribution in [3.05, 3.63) is 88.0 Å². The Morgan fingerprint density at radius 3 is 2.45 bits per heavy atom. The summed E-state index contributed by atoms with van der Waals surface area (Å²) in [6.45, 7) is 5.03. The van der Waals surface area contributed by atoms with Crippen LogP contribution in [0.15, 0.2) is 54.7 Å². The first kappa shape index (κ1) is 28.5. The first-order chi connectivity index (χ1) is 19.9. The Balaban J connectivity index is 1.35. The Morgan fingerprint density at radius 1 is 1.10 bits per heavy atom. The van der Waals surface area contributed by atoms with Crippen LogP contribution >= 0.6 is 11.6 Å². The summed E-state index contributed by atoms with van der Waals surface area (Å²) in [4.78, 5) is 22.8. The SMILES string of the molecule is Cc1cnc2c(OC3CC3)cc(C(=O)NCC(O)(c3cc(C(C)(C)O)c(Cl)c(-c4ccc(F)cc4)n3)C3CC3)cc2c1. The second kappa shape index (κ2) is 10.6. The number of hydrogen-bond donors (Lipinski definition) is 3. The molecule has 0 spiro atoms. The zero-order valence-corrected chi connectivity index (χ0v) is 24.5. The van der Waals surface area contributed by atoms with Gasteiger partial charge in [-0.25, -0.2) is 9.37 Å². The molecule has 0 saturated heterocycles. The first-order valence-corrected chi connectivity index (χ1v) is 14.6. The van der Waals surface area contributed by atoms with E-state index in [0.29, 0.717) is 33.7 Å². The average Bonchev–Trinajstić information content (AvgIpc) is 3.86. The van der Waals surface area contributed by atoms with Crippen LogP contribution in [0.5, 0.6) is 5.75 Å². The summed E-state index contributed by atoms with van der Waals surface area (Å²) in [5.74, 6) is -0.361. The number of nitrogens with zero attached hydrogens (tertiary/aromatic N) is 2. The van der Waals surface area contributed by atoms with Crippen molar-refractivity contribution in [2.75, 3.05) is 6.54 Å². The summed E-state index contributed by atoms with van der Waals surface area (Å²) in [6, 6.07) is 12.8. The molecule has 2 aromatic heterocycles. The van der Waals surface area contributed by atoms with Crippen LogP contribution in [0, 0.1) is 18.7 Å². The zero-order chi connectivity index (χ0) is 29.8. The third-order valence-corrected chi connectivity index (χ3v) is 8.30. The number of nitrogens with one attached hydrogen (secondary N) is 1. The lowest BCUT2D eigenvalue weighted by molar-refractivity contribution is 0.00889. The molecule has 0 radical (unpaired) electrons. The van der Waals surface area contributed by atoms with Gasteiger partial charge in [-0.1, -0.05) is 11.6 Å². The van der Waals surface area contributed by atoms with E-state index in [1.165, 1.54) is 12.1 Å². The van der Waals surface area contributed by atoms with Crippen molar-refractivity contribution in [1.82, 2.24) is 15.3 Å². The minimum atomic E-state index is -1.53. The van der Waals surface area contributed by atoms with E-state index < -0.39 is 17.0 Å². The van der Waals surface area contributed by atoms with E-state index in [2.05, 4.69) is 10.3 Å². The van der Waals surface area contributed by atoms with E-state index in [-0.39, 0.29) is 35.2 Å². The van der Waals surface area contributed by atoms with Crippen molar-refractivity contribution >= 4 is 28.4 Å². The smallest absolute Gasteiger partial charge is 0.251 e. The summed E-state index contributed by atoms with van der Waals surface area (Å²) in [7, 11) is 0. The molecule has 2 heterocycles. The predicted molar refractivity (Wildman–Crippen MR) is 159 cm³/mol. The molecule has 0 aliphatic heterocycles. The van der Waals surface area contributed by atoms with Gasteiger partial charge < -0.3 is 20.3 Å². The molecule has 42 heavy (non-hydrogen) atoms. The molecular formula is C33H33ClFN3O4. The zero-order valence-electron chi connectivity index (χ0n) is 23.7. The van der Waals surface area contributed by atoms with Gasteiger partial charge in [0.25, 0.3) is 5.91 Å². The molecule has 0 bridgehead atoms. The second-order valence-corrected chi connectivity index (χ2v) is 12.4. The molecule has 2 fully saturated rings. The van der Waals surface area contributed by atoms with Crippen LogP contribution in [0.2, 0.25) is 5.02 Å². The lowest BCUT2D eigenvalue weighted by atomic mass is 9.88. The number of halogens is 2. The number of benzene rings is 2. The van der Waals surface area contributed by atoms with Crippen LogP contribution in [0.25, 0.3) is 22.2 Å². The van der Waals surface area contributed by atoms with Crippen molar-refractivity contribution in [3.8, 4) is 17.0 Å². The number of hydrogen-bond acceptors (Lipinski definition) is 6. The van der Waals surface area contributed by atoms with E-state index >= 15 is 0 Å². The summed E-state index contributed by atoms with van der Waals surface area (Å²) < 4.78 is 19.8. The number of ether oxygens (including phenoxy) is 1. The molecule has 6 rings (SSSR count). The molecule has 218 valence electrons. The maximum atomic E-state index is 13.7. The summed E-state index contributed by atoms with van der Waals surface area (Å²) >= 11 is 6.72. The molecule has 2 aromatic carbocycles. The van der Waals surface area contributed by atoms with Gasteiger partial charge >= 0.3 is 0 Å². The molecule has 4 aromatic rings. The van der Waals surface area contributed by atoms with E-state index in [0.717, 1.165) is 36.6 Å². The highest BCUT2D eigenvalue weighted by molar-refractivity contribution is 6.34. The molecule has 1 amide bonds. The van der Waals surface area contributed by atoms with Crippen LogP contribution in [0.3, 0.4) is 0 Å². The third kappa shape index (κ3) is 5.71. The molecular weight excluding hydrogens is 557 g/mol. The number of fused-ring (bicyclic) bond motifs is 1. The van der Waals surface area contributed by atoms with E-state index in [1.54, 1.807) is 50.4 Å². The highest BCUT2D eigenvalue weighted by Gasteiger charge is 2.47. The molecule has 2 saturated carbocycles. The maximum absolute atomic E-state index is 13.7.